The highest BCUT2D eigenvalue weighted by Crippen LogP contribution is 2.51. The van der Waals surface area contributed by atoms with E-state index in [1.807, 2.05) is 23.2 Å². The van der Waals surface area contributed by atoms with Gasteiger partial charge in [-0.05, 0) is 74.5 Å². The van der Waals surface area contributed by atoms with Gasteiger partial charge in [0.05, 0.1) is 0 Å². The summed E-state index contributed by atoms with van der Waals surface area (Å²) in [5, 5.41) is 3.38. The zero-order valence-electron chi connectivity index (χ0n) is 20.7. The first kappa shape index (κ1) is 21.9. The van der Waals surface area contributed by atoms with Gasteiger partial charge in [0.1, 0.15) is 8.07 Å². The number of nitrogens with zero attached hydrogens (tertiary/aromatic N) is 1. The van der Waals surface area contributed by atoms with E-state index in [-0.39, 0.29) is 0 Å². The molecule has 1 nitrogen and oxygen atoms in total. The number of hydrogen-bond donors (Lipinski definition) is 0. The van der Waals surface area contributed by atoms with Crippen molar-refractivity contribution < 1.29 is 0 Å². The van der Waals surface area contributed by atoms with E-state index in [1.54, 1.807) is 0 Å². The van der Waals surface area contributed by atoms with E-state index in [2.05, 4.69) is 127 Å². The molecule has 8 rings (SSSR count). The highest BCUT2D eigenvalue weighted by atomic mass is 32.2. The molecule has 0 amide bonds. The first-order valence-electron chi connectivity index (χ1n) is 12.8. The average Bonchev–Trinajstić information content (AvgIpc) is 2.93. The van der Waals surface area contributed by atoms with Gasteiger partial charge >= 0.3 is 5.27 Å². The van der Waals surface area contributed by atoms with Gasteiger partial charge in [-0.25, -0.2) is 0 Å². The van der Waals surface area contributed by atoms with Crippen molar-refractivity contribution in [3.8, 4) is 22.3 Å². The minimum absolute atomic E-state index is 0.371. The van der Waals surface area contributed by atoms with Crippen LogP contribution in [0.2, 0.25) is 13.1 Å². The van der Waals surface area contributed by atoms with Gasteiger partial charge in [0.15, 0.2) is 0 Å². The van der Waals surface area contributed by atoms with Gasteiger partial charge in [0.2, 0.25) is 0 Å². The molecule has 0 spiro atoms. The number of fused-ring (bicyclic) bond motifs is 6. The highest BCUT2D eigenvalue weighted by molar-refractivity contribution is 8.56. The van der Waals surface area contributed by atoms with E-state index in [0.29, 0.717) is 5.27 Å². The second-order valence-electron chi connectivity index (χ2n) is 10.5. The highest BCUT2D eigenvalue weighted by Gasteiger charge is 2.40. The lowest BCUT2D eigenvalue weighted by Gasteiger charge is -2.42. The minimum atomic E-state index is -1.82. The quantitative estimate of drug-likeness (QED) is 0.208. The molecule has 0 aliphatic carbocycles. The van der Waals surface area contributed by atoms with Crippen LogP contribution in [0.1, 0.15) is 0 Å². The molecule has 0 fully saturated rings. The summed E-state index contributed by atoms with van der Waals surface area (Å²) >= 11 is 4.00. The van der Waals surface area contributed by atoms with Crippen molar-refractivity contribution in [2.75, 3.05) is 4.90 Å². The zero-order chi connectivity index (χ0) is 24.7. The maximum Gasteiger partial charge on any atom is 0.318 e. The van der Waals surface area contributed by atoms with Crippen LogP contribution in [0.3, 0.4) is 0 Å². The molecule has 176 valence electrons. The molecule has 0 radical (unpaired) electrons. The lowest BCUT2D eigenvalue weighted by atomic mass is 9.77. The summed E-state index contributed by atoms with van der Waals surface area (Å²) in [4.78, 5) is 5.29. The maximum absolute atomic E-state index is 2.53. The molecule has 3 heterocycles. The van der Waals surface area contributed by atoms with Crippen LogP contribution in [0.25, 0.3) is 22.3 Å². The molecule has 3 aliphatic heterocycles. The fourth-order valence-electron chi connectivity index (χ4n) is 6.37. The van der Waals surface area contributed by atoms with Crippen LogP contribution >= 0.6 is 23.2 Å². The average molecular weight is 526 g/mol. The SMILES string of the molecule is C[Si]1(C)c2ccccc2N(c2cc3c4c(c2)-c2ccccc2SB4Sc2ccccc2-3)c2ccccc21. The molecule has 0 aromatic heterocycles. The zero-order valence-corrected chi connectivity index (χ0v) is 23.4. The Hall–Kier alpha value is -3.12. The normalized spacial score (nSPS) is 15.7. The summed E-state index contributed by atoms with van der Waals surface area (Å²) in [7, 11) is -1.82. The Bertz CT molecular complexity index is 1630. The Balaban J connectivity index is 1.46. The number of anilines is 3. The van der Waals surface area contributed by atoms with E-state index in [0.717, 1.165) is 0 Å². The molecule has 5 aromatic rings. The van der Waals surface area contributed by atoms with Crippen molar-refractivity contribution >= 4 is 69.5 Å². The molecule has 0 saturated carbocycles. The Morgan fingerprint density at radius 1 is 0.568 bits per heavy atom. The summed E-state index contributed by atoms with van der Waals surface area (Å²) in [6.07, 6.45) is 0. The second kappa shape index (κ2) is 7.94. The molecule has 5 heteroatoms. The molecule has 0 saturated heterocycles. The lowest BCUT2D eigenvalue weighted by molar-refractivity contribution is 1.28. The molecule has 0 bridgehead atoms. The van der Waals surface area contributed by atoms with Crippen molar-refractivity contribution in [2.45, 2.75) is 22.9 Å². The van der Waals surface area contributed by atoms with Crippen molar-refractivity contribution in [2.24, 2.45) is 0 Å². The van der Waals surface area contributed by atoms with Gasteiger partial charge in [-0.2, -0.15) is 23.2 Å². The smallest absolute Gasteiger partial charge is 0.311 e. The topological polar surface area (TPSA) is 3.24 Å². The van der Waals surface area contributed by atoms with E-state index >= 15 is 0 Å². The van der Waals surface area contributed by atoms with E-state index in [1.165, 1.54) is 64.9 Å². The van der Waals surface area contributed by atoms with Crippen LogP contribution in [0, 0.1) is 0 Å². The minimum Gasteiger partial charge on any atom is -0.311 e. The Labute approximate surface area is 227 Å². The Morgan fingerprint density at radius 3 is 1.57 bits per heavy atom. The fraction of sp³-hybridized carbons (Fsp3) is 0.0625. The monoisotopic (exact) mass is 525 g/mol. The number of rotatable bonds is 1. The molecular weight excluding hydrogens is 501 g/mol. The second-order valence-corrected chi connectivity index (χ2v) is 17.4. The summed E-state index contributed by atoms with van der Waals surface area (Å²) in [6.45, 7) is 4.98. The molecular formula is C32H24BNS2Si. The fourth-order valence-corrected chi connectivity index (χ4v) is 12.3. The molecule has 0 N–H and O–H groups in total. The third-order valence-corrected chi connectivity index (χ3v) is 14.4. The third kappa shape index (κ3) is 3.08. The van der Waals surface area contributed by atoms with Crippen molar-refractivity contribution in [3.63, 3.8) is 0 Å². The first-order valence-corrected chi connectivity index (χ1v) is 17.6. The summed E-state index contributed by atoms with van der Waals surface area (Å²) in [6, 6.07) is 41.0. The summed E-state index contributed by atoms with van der Waals surface area (Å²) in [5.41, 5.74) is 10.9. The van der Waals surface area contributed by atoms with Gasteiger partial charge in [-0.15, -0.1) is 0 Å². The van der Waals surface area contributed by atoms with Crippen LogP contribution in [0.15, 0.2) is 119 Å². The standard InChI is InChI=1S/C32H24BNS2Si/c1-37(2)30-17-9-5-13-26(30)34(27-14-6-10-18-31(27)37)21-19-24-22-11-3-7-15-28(22)35-33-32(24)25(20-21)23-12-4-8-16-29(23)36-33/h3-20H,1-2H3. The lowest BCUT2D eigenvalue weighted by Crippen LogP contribution is -2.58. The van der Waals surface area contributed by atoms with Gasteiger partial charge < -0.3 is 4.90 Å². The van der Waals surface area contributed by atoms with Crippen LogP contribution in [-0.4, -0.2) is 13.3 Å². The van der Waals surface area contributed by atoms with Gasteiger partial charge in [0.25, 0.3) is 0 Å². The van der Waals surface area contributed by atoms with E-state index in [4.69, 9.17) is 0 Å². The van der Waals surface area contributed by atoms with Crippen LogP contribution in [0.5, 0.6) is 0 Å². The molecule has 0 atom stereocenters. The first-order chi connectivity index (χ1) is 18.1. The van der Waals surface area contributed by atoms with Crippen LogP contribution < -0.4 is 20.7 Å². The van der Waals surface area contributed by atoms with Crippen LogP contribution in [-0.2, 0) is 0 Å². The van der Waals surface area contributed by atoms with Crippen molar-refractivity contribution in [1.29, 1.82) is 0 Å². The third-order valence-electron chi connectivity index (χ3n) is 8.12. The molecule has 0 unspecified atom stereocenters. The predicted molar refractivity (Wildman–Crippen MR) is 166 cm³/mol. The number of hydrogen-bond acceptors (Lipinski definition) is 3. The van der Waals surface area contributed by atoms with Crippen LogP contribution in [0.4, 0.5) is 17.1 Å². The molecule has 3 aliphatic rings. The largest absolute Gasteiger partial charge is 0.318 e. The Morgan fingerprint density at radius 2 is 1.03 bits per heavy atom. The number of benzene rings is 5. The molecule has 5 aromatic carbocycles. The Kier molecular flexibility index (Phi) is 4.70. The molecule has 37 heavy (non-hydrogen) atoms. The van der Waals surface area contributed by atoms with Gasteiger partial charge in [0, 0.05) is 26.9 Å². The predicted octanol–water partition coefficient (Wildman–Crippen LogP) is 7.53. The van der Waals surface area contributed by atoms with Crippen molar-refractivity contribution in [1.82, 2.24) is 0 Å². The van der Waals surface area contributed by atoms with E-state index in [9.17, 15) is 0 Å². The van der Waals surface area contributed by atoms with E-state index < -0.39 is 8.07 Å². The van der Waals surface area contributed by atoms with Gasteiger partial charge in [-0.3, -0.25) is 0 Å². The maximum atomic E-state index is 2.53. The van der Waals surface area contributed by atoms with Crippen molar-refractivity contribution in [3.05, 3.63) is 109 Å². The van der Waals surface area contributed by atoms with Gasteiger partial charge in [-0.1, -0.05) is 85.9 Å². The summed E-state index contributed by atoms with van der Waals surface area (Å²) in [5.74, 6) is 0. The summed E-state index contributed by atoms with van der Waals surface area (Å²) < 4.78 is 0. The number of para-hydroxylation sites is 2.